The lowest BCUT2D eigenvalue weighted by Crippen LogP contribution is -2.18. The van der Waals surface area contributed by atoms with Gasteiger partial charge in [0.1, 0.15) is 12.4 Å². The summed E-state index contributed by atoms with van der Waals surface area (Å²) in [5, 5.41) is 6.89. The molecule has 0 spiro atoms. The lowest BCUT2D eigenvalue weighted by molar-refractivity contribution is 0.0950. The van der Waals surface area contributed by atoms with Gasteiger partial charge in [0.2, 0.25) is 0 Å². The van der Waals surface area contributed by atoms with Crippen molar-refractivity contribution in [3.05, 3.63) is 135 Å². The molecule has 38 heavy (non-hydrogen) atoms. The van der Waals surface area contributed by atoms with Crippen molar-refractivity contribution in [1.82, 2.24) is 9.99 Å². The molecule has 0 aliphatic carbocycles. The zero-order valence-corrected chi connectivity index (χ0v) is 22.3. The highest BCUT2D eigenvalue weighted by Crippen LogP contribution is 2.26. The van der Waals surface area contributed by atoms with Gasteiger partial charge in [0, 0.05) is 39.8 Å². The maximum atomic E-state index is 12.9. The van der Waals surface area contributed by atoms with Gasteiger partial charge in [0.05, 0.1) is 21.8 Å². The lowest BCUT2D eigenvalue weighted by atomic mass is 10.2. The van der Waals surface area contributed by atoms with E-state index in [4.69, 9.17) is 39.5 Å². The number of carbonyl (C=O) groups excluding carboxylic acids is 1. The van der Waals surface area contributed by atoms with Crippen LogP contribution in [-0.4, -0.2) is 16.7 Å². The monoisotopic (exact) mass is 561 g/mol. The number of halogens is 3. The van der Waals surface area contributed by atoms with Crippen LogP contribution in [0.1, 0.15) is 27.0 Å². The summed E-state index contributed by atoms with van der Waals surface area (Å²) in [6.07, 6.45) is 3.63. The average Bonchev–Trinajstić information content (AvgIpc) is 3.27. The number of para-hydroxylation sites is 2. The van der Waals surface area contributed by atoms with Crippen LogP contribution in [0.5, 0.6) is 5.75 Å². The van der Waals surface area contributed by atoms with Crippen LogP contribution in [0, 0.1) is 0 Å². The number of rotatable bonds is 8. The Balaban J connectivity index is 1.32. The summed E-state index contributed by atoms with van der Waals surface area (Å²) in [7, 11) is 0. The summed E-state index contributed by atoms with van der Waals surface area (Å²) in [4.78, 5) is 12.9. The molecular formula is C30H22Cl3N3O2. The van der Waals surface area contributed by atoms with Crippen molar-refractivity contribution >= 4 is 57.8 Å². The van der Waals surface area contributed by atoms with Gasteiger partial charge < -0.3 is 9.30 Å². The van der Waals surface area contributed by atoms with Crippen LogP contribution < -0.4 is 10.2 Å². The van der Waals surface area contributed by atoms with E-state index in [0.717, 1.165) is 27.6 Å². The third-order valence-electron chi connectivity index (χ3n) is 6.00. The number of aromatic nitrogens is 1. The van der Waals surface area contributed by atoms with Crippen LogP contribution in [0.4, 0.5) is 0 Å². The highest BCUT2D eigenvalue weighted by atomic mass is 35.5. The fourth-order valence-electron chi connectivity index (χ4n) is 4.12. The van der Waals surface area contributed by atoms with E-state index in [2.05, 4.69) is 15.1 Å². The minimum atomic E-state index is -0.379. The van der Waals surface area contributed by atoms with Gasteiger partial charge in [-0.3, -0.25) is 4.79 Å². The number of amides is 1. The maximum absolute atomic E-state index is 12.9. The molecule has 5 nitrogen and oxygen atoms in total. The van der Waals surface area contributed by atoms with Crippen molar-refractivity contribution < 1.29 is 9.53 Å². The van der Waals surface area contributed by atoms with Crippen molar-refractivity contribution in [3.8, 4) is 5.75 Å². The molecule has 0 aliphatic rings. The number of hydrazone groups is 1. The number of nitrogens with zero attached hydrogens (tertiary/aromatic N) is 2. The molecule has 0 aliphatic heterocycles. The predicted molar refractivity (Wildman–Crippen MR) is 155 cm³/mol. The molecule has 4 aromatic carbocycles. The molecule has 0 fully saturated rings. The standard InChI is InChI=1S/C30H22Cl3N3O2/c31-25-10-4-1-7-21(25)19-38-29-12-6-3-9-24(29)30(37)35-34-16-22-18-36(28-11-5-2-8-23(22)28)17-20-13-14-26(32)27(33)15-20/h1-16,18H,17,19H2,(H,35,37)/b34-16-. The normalized spacial score (nSPS) is 11.2. The topological polar surface area (TPSA) is 55.6 Å². The number of hydrogen-bond donors (Lipinski definition) is 1. The Labute approximate surface area is 235 Å². The van der Waals surface area contributed by atoms with Crippen molar-refractivity contribution in [2.24, 2.45) is 5.10 Å². The van der Waals surface area contributed by atoms with E-state index in [9.17, 15) is 4.79 Å². The van der Waals surface area contributed by atoms with E-state index in [1.807, 2.05) is 66.9 Å². The van der Waals surface area contributed by atoms with Gasteiger partial charge in [-0.2, -0.15) is 5.10 Å². The Kier molecular flexibility index (Phi) is 7.99. The van der Waals surface area contributed by atoms with Gasteiger partial charge in [-0.15, -0.1) is 0 Å². The molecular weight excluding hydrogens is 541 g/mol. The molecule has 1 N–H and O–H groups in total. The minimum absolute atomic E-state index is 0.242. The van der Waals surface area contributed by atoms with Gasteiger partial charge in [-0.1, -0.05) is 89.4 Å². The Hall–Kier alpha value is -3.77. The Bertz CT molecular complexity index is 1650. The van der Waals surface area contributed by atoms with E-state index in [0.29, 0.717) is 32.9 Å². The fourth-order valence-corrected chi connectivity index (χ4v) is 4.63. The third-order valence-corrected chi connectivity index (χ3v) is 7.11. The summed E-state index contributed by atoms with van der Waals surface area (Å²) in [6.45, 7) is 0.847. The van der Waals surface area contributed by atoms with E-state index >= 15 is 0 Å². The first kappa shape index (κ1) is 25.9. The van der Waals surface area contributed by atoms with E-state index in [1.54, 1.807) is 36.5 Å². The highest BCUT2D eigenvalue weighted by molar-refractivity contribution is 6.42. The van der Waals surface area contributed by atoms with Gasteiger partial charge in [0.15, 0.2) is 0 Å². The highest BCUT2D eigenvalue weighted by Gasteiger charge is 2.13. The SMILES string of the molecule is O=C(N/N=C\c1cn(Cc2ccc(Cl)c(Cl)c2)c2ccccc12)c1ccccc1OCc1ccccc1Cl. The molecule has 1 aromatic heterocycles. The zero-order chi connectivity index (χ0) is 26.5. The fraction of sp³-hybridized carbons (Fsp3) is 0.0667. The largest absolute Gasteiger partial charge is 0.488 e. The molecule has 5 rings (SSSR count). The van der Waals surface area contributed by atoms with Gasteiger partial charge >= 0.3 is 0 Å². The second-order valence-electron chi connectivity index (χ2n) is 8.55. The first-order valence-electron chi connectivity index (χ1n) is 11.8. The first-order valence-corrected chi connectivity index (χ1v) is 12.9. The number of carbonyl (C=O) groups is 1. The molecule has 1 amide bonds. The van der Waals surface area contributed by atoms with Crippen molar-refractivity contribution in [1.29, 1.82) is 0 Å². The first-order chi connectivity index (χ1) is 18.5. The van der Waals surface area contributed by atoms with Crippen LogP contribution in [0.25, 0.3) is 10.9 Å². The van der Waals surface area contributed by atoms with E-state index in [-0.39, 0.29) is 12.5 Å². The van der Waals surface area contributed by atoms with Crippen LogP contribution in [0.15, 0.2) is 102 Å². The molecule has 1 heterocycles. The number of ether oxygens (including phenoxy) is 1. The smallest absolute Gasteiger partial charge is 0.275 e. The second-order valence-corrected chi connectivity index (χ2v) is 9.77. The van der Waals surface area contributed by atoms with Crippen LogP contribution in [-0.2, 0) is 13.2 Å². The summed E-state index contributed by atoms with van der Waals surface area (Å²) in [5.41, 5.74) is 6.74. The van der Waals surface area contributed by atoms with Crippen molar-refractivity contribution in [2.45, 2.75) is 13.2 Å². The van der Waals surface area contributed by atoms with Crippen LogP contribution >= 0.6 is 34.8 Å². The third kappa shape index (κ3) is 5.86. The molecule has 0 bridgehead atoms. The summed E-state index contributed by atoms with van der Waals surface area (Å²) < 4.78 is 8.01. The van der Waals surface area contributed by atoms with E-state index in [1.165, 1.54) is 0 Å². The number of nitrogens with one attached hydrogen (secondary N) is 1. The molecule has 0 atom stereocenters. The summed E-state index contributed by atoms with van der Waals surface area (Å²) in [5.74, 6) is 0.0638. The quantitative estimate of drug-likeness (QED) is 0.154. The molecule has 190 valence electrons. The van der Waals surface area contributed by atoms with Crippen molar-refractivity contribution in [3.63, 3.8) is 0 Å². The Morgan fingerprint density at radius 2 is 1.63 bits per heavy atom. The minimum Gasteiger partial charge on any atom is -0.488 e. The molecule has 0 unspecified atom stereocenters. The Morgan fingerprint density at radius 3 is 2.47 bits per heavy atom. The van der Waals surface area contributed by atoms with Gasteiger partial charge in [0.25, 0.3) is 5.91 Å². The van der Waals surface area contributed by atoms with Gasteiger partial charge in [-0.25, -0.2) is 5.43 Å². The molecule has 8 heteroatoms. The van der Waals surface area contributed by atoms with Crippen LogP contribution in [0.3, 0.4) is 0 Å². The number of benzene rings is 4. The average molecular weight is 563 g/mol. The lowest BCUT2D eigenvalue weighted by Gasteiger charge is -2.11. The van der Waals surface area contributed by atoms with Gasteiger partial charge in [-0.05, 0) is 42.0 Å². The summed E-state index contributed by atoms with van der Waals surface area (Å²) >= 11 is 18.5. The molecule has 0 saturated carbocycles. The second kappa shape index (κ2) is 11.7. The molecule has 0 saturated heterocycles. The predicted octanol–water partition coefficient (Wildman–Crippen LogP) is 7.99. The van der Waals surface area contributed by atoms with E-state index < -0.39 is 0 Å². The number of fused-ring (bicyclic) bond motifs is 1. The van der Waals surface area contributed by atoms with Crippen molar-refractivity contribution in [2.75, 3.05) is 0 Å². The van der Waals surface area contributed by atoms with Crippen LogP contribution in [0.2, 0.25) is 15.1 Å². The molecule has 5 aromatic rings. The summed E-state index contributed by atoms with van der Waals surface area (Å²) in [6, 6.07) is 28.0. The number of hydrogen-bond acceptors (Lipinski definition) is 3. The zero-order valence-electron chi connectivity index (χ0n) is 20.1. The Morgan fingerprint density at radius 1 is 0.868 bits per heavy atom. The molecule has 0 radical (unpaired) electrons. The maximum Gasteiger partial charge on any atom is 0.275 e.